The maximum atomic E-state index is 5.18. The zero-order valence-corrected chi connectivity index (χ0v) is 13.0. The van der Waals surface area contributed by atoms with E-state index in [1.54, 1.807) is 7.11 Å². The van der Waals surface area contributed by atoms with Crippen LogP contribution in [0.2, 0.25) is 0 Å². The highest BCUT2D eigenvalue weighted by atomic mass is 79.9. The molecule has 0 radical (unpaired) electrons. The standard InChI is InChI=1S/C12H17Br2NO/c1-9(8-16-3)15(2)12-5-4-11(14)6-10(12)7-13/h4-6,9H,7-8H2,1-3H3. The van der Waals surface area contributed by atoms with E-state index in [4.69, 9.17) is 4.74 Å². The third-order valence-corrected chi connectivity index (χ3v) is 3.73. The lowest BCUT2D eigenvalue weighted by Crippen LogP contribution is -2.33. The van der Waals surface area contributed by atoms with Crippen LogP contribution in [0.25, 0.3) is 0 Å². The van der Waals surface area contributed by atoms with Crippen LogP contribution in [-0.4, -0.2) is 26.8 Å². The predicted octanol–water partition coefficient (Wildman–Crippen LogP) is 3.82. The highest BCUT2D eigenvalue weighted by Gasteiger charge is 2.13. The van der Waals surface area contributed by atoms with E-state index in [1.807, 2.05) is 0 Å². The monoisotopic (exact) mass is 349 g/mol. The van der Waals surface area contributed by atoms with Gasteiger partial charge in [0.1, 0.15) is 0 Å². The fraction of sp³-hybridized carbons (Fsp3) is 0.500. The highest BCUT2D eigenvalue weighted by molar-refractivity contribution is 9.10. The molecule has 0 saturated heterocycles. The highest BCUT2D eigenvalue weighted by Crippen LogP contribution is 2.27. The minimum Gasteiger partial charge on any atom is -0.383 e. The summed E-state index contributed by atoms with van der Waals surface area (Å²) in [6.07, 6.45) is 0. The second-order valence-electron chi connectivity index (χ2n) is 3.82. The van der Waals surface area contributed by atoms with Gasteiger partial charge in [-0.05, 0) is 30.7 Å². The number of likely N-dealkylation sites (N-methyl/N-ethyl adjacent to an activating group) is 1. The third-order valence-electron chi connectivity index (χ3n) is 2.63. The van der Waals surface area contributed by atoms with E-state index >= 15 is 0 Å². The molecule has 4 heteroatoms. The van der Waals surface area contributed by atoms with Crippen LogP contribution in [0.15, 0.2) is 22.7 Å². The van der Waals surface area contributed by atoms with E-state index in [0.717, 1.165) is 16.4 Å². The first-order chi connectivity index (χ1) is 7.60. The summed E-state index contributed by atoms with van der Waals surface area (Å²) in [6.45, 7) is 2.89. The summed E-state index contributed by atoms with van der Waals surface area (Å²) in [5.41, 5.74) is 2.52. The van der Waals surface area contributed by atoms with Crippen molar-refractivity contribution in [2.24, 2.45) is 0 Å². The number of alkyl halides is 1. The first-order valence-corrected chi connectivity index (χ1v) is 7.07. The van der Waals surface area contributed by atoms with Crippen molar-refractivity contribution in [3.8, 4) is 0 Å². The first kappa shape index (κ1) is 14.0. The van der Waals surface area contributed by atoms with Gasteiger partial charge in [0, 0.05) is 35.7 Å². The Bertz CT molecular complexity index is 344. The van der Waals surface area contributed by atoms with Gasteiger partial charge in [0.25, 0.3) is 0 Å². The van der Waals surface area contributed by atoms with Crippen molar-refractivity contribution >= 4 is 37.5 Å². The van der Waals surface area contributed by atoms with E-state index in [-0.39, 0.29) is 0 Å². The summed E-state index contributed by atoms with van der Waals surface area (Å²) in [5.74, 6) is 0. The van der Waals surface area contributed by atoms with Crippen LogP contribution in [0.4, 0.5) is 5.69 Å². The molecule has 0 fully saturated rings. The average molecular weight is 351 g/mol. The molecule has 1 atom stereocenters. The molecule has 2 nitrogen and oxygen atoms in total. The number of benzene rings is 1. The number of rotatable bonds is 5. The Morgan fingerprint density at radius 1 is 1.44 bits per heavy atom. The Morgan fingerprint density at radius 2 is 2.12 bits per heavy atom. The van der Waals surface area contributed by atoms with Crippen molar-refractivity contribution < 1.29 is 4.74 Å². The molecule has 0 bridgehead atoms. The molecular weight excluding hydrogens is 334 g/mol. The van der Waals surface area contributed by atoms with E-state index < -0.39 is 0 Å². The largest absolute Gasteiger partial charge is 0.383 e. The molecule has 1 aromatic carbocycles. The number of hydrogen-bond acceptors (Lipinski definition) is 2. The predicted molar refractivity (Wildman–Crippen MR) is 76.5 cm³/mol. The second kappa shape index (κ2) is 6.62. The Kier molecular flexibility index (Phi) is 5.79. The van der Waals surface area contributed by atoms with Crippen LogP contribution < -0.4 is 4.90 Å². The minimum absolute atomic E-state index is 0.365. The Balaban J connectivity index is 2.93. The van der Waals surface area contributed by atoms with Gasteiger partial charge in [-0.1, -0.05) is 31.9 Å². The second-order valence-corrected chi connectivity index (χ2v) is 5.30. The maximum absolute atomic E-state index is 5.18. The number of halogens is 2. The van der Waals surface area contributed by atoms with Gasteiger partial charge in [-0.3, -0.25) is 0 Å². The maximum Gasteiger partial charge on any atom is 0.0663 e. The van der Waals surface area contributed by atoms with Crippen LogP contribution in [0, 0.1) is 0 Å². The van der Waals surface area contributed by atoms with Crippen molar-refractivity contribution in [1.29, 1.82) is 0 Å². The molecule has 0 heterocycles. The number of methoxy groups -OCH3 is 1. The molecular formula is C12H17Br2NO. The van der Waals surface area contributed by atoms with E-state index in [0.29, 0.717) is 6.04 Å². The minimum atomic E-state index is 0.365. The fourth-order valence-electron chi connectivity index (χ4n) is 1.60. The number of nitrogens with zero attached hydrogens (tertiary/aromatic N) is 1. The van der Waals surface area contributed by atoms with Crippen molar-refractivity contribution in [2.45, 2.75) is 18.3 Å². The van der Waals surface area contributed by atoms with Crippen molar-refractivity contribution in [3.05, 3.63) is 28.2 Å². The van der Waals surface area contributed by atoms with Gasteiger partial charge in [-0.2, -0.15) is 0 Å². The molecule has 0 aliphatic rings. The molecule has 0 aliphatic heterocycles. The van der Waals surface area contributed by atoms with Crippen LogP contribution in [0.5, 0.6) is 0 Å². The van der Waals surface area contributed by atoms with Gasteiger partial charge in [-0.25, -0.2) is 0 Å². The van der Waals surface area contributed by atoms with Crippen LogP contribution in [0.3, 0.4) is 0 Å². The summed E-state index contributed by atoms with van der Waals surface area (Å²) in [6, 6.07) is 6.70. The van der Waals surface area contributed by atoms with Gasteiger partial charge >= 0.3 is 0 Å². The van der Waals surface area contributed by atoms with E-state index in [1.165, 1.54) is 11.3 Å². The smallest absolute Gasteiger partial charge is 0.0663 e. The van der Waals surface area contributed by atoms with Gasteiger partial charge in [0.15, 0.2) is 0 Å². The summed E-state index contributed by atoms with van der Waals surface area (Å²) in [4.78, 5) is 2.24. The molecule has 16 heavy (non-hydrogen) atoms. The molecule has 1 aromatic rings. The quantitative estimate of drug-likeness (QED) is 0.748. The molecule has 0 spiro atoms. The van der Waals surface area contributed by atoms with Gasteiger partial charge in [-0.15, -0.1) is 0 Å². The summed E-state index contributed by atoms with van der Waals surface area (Å²) in [5, 5.41) is 0.853. The summed E-state index contributed by atoms with van der Waals surface area (Å²) < 4.78 is 6.29. The molecule has 0 N–H and O–H groups in total. The van der Waals surface area contributed by atoms with Gasteiger partial charge in [0.2, 0.25) is 0 Å². The number of hydrogen-bond donors (Lipinski definition) is 0. The SMILES string of the molecule is COCC(C)N(C)c1ccc(Br)cc1CBr. The first-order valence-electron chi connectivity index (χ1n) is 5.16. The number of anilines is 1. The molecule has 0 amide bonds. The molecule has 0 aliphatic carbocycles. The third kappa shape index (κ3) is 3.47. The normalized spacial score (nSPS) is 12.6. The van der Waals surface area contributed by atoms with E-state index in [2.05, 4.69) is 68.9 Å². The van der Waals surface area contributed by atoms with Crippen LogP contribution in [0.1, 0.15) is 12.5 Å². The zero-order valence-electron chi connectivity index (χ0n) is 9.84. The fourth-order valence-corrected chi connectivity index (χ4v) is 2.45. The van der Waals surface area contributed by atoms with Crippen LogP contribution in [-0.2, 0) is 10.1 Å². The zero-order chi connectivity index (χ0) is 12.1. The summed E-state index contributed by atoms with van der Waals surface area (Å²) >= 11 is 7.01. The molecule has 0 saturated carbocycles. The molecule has 0 aromatic heterocycles. The van der Waals surface area contributed by atoms with Crippen molar-refractivity contribution in [2.75, 3.05) is 25.7 Å². The van der Waals surface area contributed by atoms with Gasteiger partial charge < -0.3 is 9.64 Å². The number of ether oxygens (including phenoxy) is 1. The lowest BCUT2D eigenvalue weighted by molar-refractivity contribution is 0.183. The van der Waals surface area contributed by atoms with Crippen molar-refractivity contribution in [3.63, 3.8) is 0 Å². The average Bonchev–Trinajstić information content (AvgIpc) is 2.28. The summed E-state index contributed by atoms with van der Waals surface area (Å²) in [7, 11) is 3.83. The Labute approximate surface area is 114 Å². The Hall–Kier alpha value is -0.0600. The molecule has 1 rings (SSSR count). The van der Waals surface area contributed by atoms with Crippen molar-refractivity contribution in [1.82, 2.24) is 0 Å². The molecule has 1 unspecified atom stereocenters. The lowest BCUT2D eigenvalue weighted by atomic mass is 10.1. The molecule has 90 valence electrons. The topological polar surface area (TPSA) is 12.5 Å². The van der Waals surface area contributed by atoms with E-state index in [9.17, 15) is 0 Å². The van der Waals surface area contributed by atoms with Gasteiger partial charge in [0.05, 0.1) is 6.61 Å². The Morgan fingerprint density at radius 3 is 2.69 bits per heavy atom. The lowest BCUT2D eigenvalue weighted by Gasteiger charge is -2.28. The van der Waals surface area contributed by atoms with Crippen LogP contribution >= 0.6 is 31.9 Å².